The van der Waals surface area contributed by atoms with Gasteiger partial charge >= 0.3 is 0 Å². The summed E-state index contributed by atoms with van der Waals surface area (Å²) in [4.78, 5) is 39.3. The highest BCUT2D eigenvalue weighted by atomic mass is 32.1. The average molecular weight is 299 g/mol. The Bertz CT molecular complexity index is 671. The van der Waals surface area contributed by atoms with Crippen LogP contribution in [0.25, 0.3) is 0 Å². The molecule has 6 atom stereocenters. The van der Waals surface area contributed by atoms with Crippen LogP contribution in [0.4, 0.5) is 0 Å². The molecular formula is C16H13NO3S. The first-order valence-electron chi connectivity index (χ1n) is 7.32. The first kappa shape index (κ1) is 11.9. The minimum atomic E-state index is -0.442. The molecule has 2 heterocycles. The van der Waals surface area contributed by atoms with Crippen LogP contribution in [0.2, 0.25) is 0 Å². The maximum Gasteiger partial charge on any atom is 0.277 e. The Hall–Kier alpha value is -1.75. The molecule has 0 unspecified atom stereocenters. The summed E-state index contributed by atoms with van der Waals surface area (Å²) >= 11 is 1.27. The second-order valence-corrected chi connectivity index (χ2v) is 7.40. The van der Waals surface area contributed by atoms with Crippen LogP contribution in [0.3, 0.4) is 0 Å². The Labute approximate surface area is 125 Å². The number of carbonyl (C=O) groups excluding carboxylic acids is 3. The molecule has 106 valence electrons. The highest BCUT2D eigenvalue weighted by molar-refractivity contribution is 7.12. The van der Waals surface area contributed by atoms with Crippen LogP contribution in [0.1, 0.15) is 16.1 Å². The Kier molecular flexibility index (Phi) is 2.10. The molecule has 0 aromatic carbocycles. The molecule has 0 spiro atoms. The smallest absolute Gasteiger partial charge is 0.274 e. The maximum atomic E-state index is 12.7. The summed E-state index contributed by atoms with van der Waals surface area (Å²) in [6, 6.07) is 3.43. The Morgan fingerprint density at radius 2 is 1.71 bits per heavy atom. The highest BCUT2D eigenvalue weighted by Crippen LogP contribution is 2.65. The molecule has 4 nitrogen and oxygen atoms in total. The van der Waals surface area contributed by atoms with Crippen molar-refractivity contribution in [1.82, 2.24) is 4.90 Å². The summed E-state index contributed by atoms with van der Waals surface area (Å²) < 4.78 is 0. The average Bonchev–Trinajstić information content (AvgIpc) is 3.06. The fourth-order valence-electron chi connectivity index (χ4n) is 4.67. The predicted molar refractivity (Wildman–Crippen MR) is 75.2 cm³/mol. The topological polar surface area (TPSA) is 54.5 Å². The van der Waals surface area contributed by atoms with Gasteiger partial charge < -0.3 is 0 Å². The van der Waals surface area contributed by atoms with Gasteiger partial charge in [-0.15, -0.1) is 11.3 Å². The Morgan fingerprint density at radius 3 is 2.24 bits per heavy atom. The van der Waals surface area contributed by atoms with Crippen molar-refractivity contribution in [3.8, 4) is 0 Å². The molecule has 4 aliphatic carbocycles. The predicted octanol–water partition coefficient (Wildman–Crippen LogP) is 1.94. The minimum absolute atomic E-state index is 0.169. The number of allylic oxidation sites excluding steroid dienone is 2. The van der Waals surface area contributed by atoms with Gasteiger partial charge in [-0.1, -0.05) is 18.2 Å². The molecule has 0 N–H and O–H groups in total. The normalized spacial score (nSPS) is 42.2. The molecule has 6 rings (SSSR count). The van der Waals surface area contributed by atoms with Crippen LogP contribution in [0, 0.1) is 35.5 Å². The standard InChI is InChI=1S/C16H13NO3S/c18-14(11-2-1-5-21-11)17-15(19)12-7-3-4-8(10-6-9(7)10)13(12)16(17)20/h1-5,7-10,12-13H,6H2/t7-,8-,9-,10+,12-,13+/m0/s1. The van der Waals surface area contributed by atoms with Gasteiger partial charge in [0.05, 0.1) is 16.7 Å². The summed E-state index contributed by atoms with van der Waals surface area (Å²) in [5.74, 6) is -0.0984. The van der Waals surface area contributed by atoms with E-state index in [2.05, 4.69) is 12.2 Å². The van der Waals surface area contributed by atoms with E-state index in [1.165, 1.54) is 11.3 Å². The molecule has 3 fully saturated rings. The molecule has 2 saturated carbocycles. The molecule has 1 saturated heterocycles. The number of rotatable bonds is 1. The van der Waals surface area contributed by atoms with Crippen LogP contribution in [-0.4, -0.2) is 22.6 Å². The first-order chi connectivity index (χ1) is 10.2. The second kappa shape index (κ2) is 3.71. The number of thiophene rings is 1. The largest absolute Gasteiger partial charge is 0.277 e. The zero-order valence-electron chi connectivity index (χ0n) is 11.1. The monoisotopic (exact) mass is 299 g/mol. The third-order valence-corrected chi connectivity index (χ3v) is 6.46. The van der Waals surface area contributed by atoms with Crippen molar-refractivity contribution in [2.24, 2.45) is 35.5 Å². The van der Waals surface area contributed by atoms with E-state index in [0.29, 0.717) is 16.7 Å². The van der Waals surface area contributed by atoms with Crippen LogP contribution in [0.15, 0.2) is 29.7 Å². The zero-order valence-corrected chi connectivity index (χ0v) is 12.0. The van der Waals surface area contributed by atoms with Gasteiger partial charge in [-0.3, -0.25) is 14.4 Å². The number of hydrogen-bond donors (Lipinski definition) is 0. The lowest BCUT2D eigenvalue weighted by Crippen LogP contribution is -2.40. The second-order valence-electron chi connectivity index (χ2n) is 6.45. The highest BCUT2D eigenvalue weighted by Gasteiger charge is 2.67. The van der Waals surface area contributed by atoms with Crippen molar-refractivity contribution in [1.29, 1.82) is 0 Å². The first-order valence-corrected chi connectivity index (χ1v) is 8.20. The maximum absolute atomic E-state index is 12.7. The number of imide groups is 3. The number of nitrogens with zero attached hydrogens (tertiary/aromatic N) is 1. The van der Waals surface area contributed by atoms with Gasteiger partial charge in [-0.2, -0.15) is 0 Å². The van der Waals surface area contributed by atoms with E-state index in [0.717, 1.165) is 11.3 Å². The van der Waals surface area contributed by atoms with E-state index in [9.17, 15) is 14.4 Å². The third kappa shape index (κ3) is 1.33. The molecule has 2 bridgehead atoms. The van der Waals surface area contributed by atoms with Crippen LogP contribution in [0.5, 0.6) is 0 Å². The van der Waals surface area contributed by atoms with Gasteiger partial charge in [0.1, 0.15) is 0 Å². The number of carbonyl (C=O) groups is 3. The fraction of sp³-hybridized carbons (Fsp3) is 0.438. The summed E-state index contributed by atoms with van der Waals surface area (Å²) in [7, 11) is 0. The third-order valence-electron chi connectivity index (χ3n) is 5.60. The molecule has 21 heavy (non-hydrogen) atoms. The molecular weight excluding hydrogens is 286 g/mol. The Balaban J connectivity index is 1.56. The number of likely N-dealkylation sites (tertiary alicyclic amines) is 1. The van der Waals surface area contributed by atoms with Crippen molar-refractivity contribution in [3.63, 3.8) is 0 Å². The van der Waals surface area contributed by atoms with Gasteiger partial charge in [0.2, 0.25) is 11.8 Å². The van der Waals surface area contributed by atoms with E-state index in [1.807, 2.05) is 0 Å². The summed E-state index contributed by atoms with van der Waals surface area (Å²) in [5.41, 5.74) is 0. The van der Waals surface area contributed by atoms with E-state index in [1.54, 1.807) is 17.5 Å². The van der Waals surface area contributed by atoms with Crippen molar-refractivity contribution in [3.05, 3.63) is 34.5 Å². The molecule has 1 aromatic heterocycles. The van der Waals surface area contributed by atoms with E-state index < -0.39 is 5.91 Å². The van der Waals surface area contributed by atoms with Gasteiger partial charge in [0.15, 0.2) is 0 Å². The van der Waals surface area contributed by atoms with Crippen molar-refractivity contribution < 1.29 is 14.4 Å². The van der Waals surface area contributed by atoms with Crippen LogP contribution in [-0.2, 0) is 9.59 Å². The minimum Gasteiger partial charge on any atom is -0.274 e. The van der Waals surface area contributed by atoms with Crippen molar-refractivity contribution >= 4 is 29.1 Å². The molecule has 1 aromatic rings. The lowest BCUT2D eigenvalue weighted by molar-refractivity contribution is -0.136. The zero-order chi connectivity index (χ0) is 14.3. The number of amides is 3. The fourth-order valence-corrected chi connectivity index (χ4v) is 5.32. The van der Waals surface area contributed by atoms with Gasteiger partial charge in [0, 0.05) is 0 Å². The van der Waals surface area contributed by atoms with E-state index in [4.69, 9.17) is 0 Å². The summed E-state index contributed by atoms with van der Waals surface area (Å²) in [6.07, 6.45) is 5.36. The molecule has 5 heteroatoms. The van der Waals surface area contributed by atoms with Gasteiger partial charge in [-0.05, 0) is 41.5 Å². The molecule has 3 amide bonds. The molecule has 1 aliphatic heterocycles. The SMILES string of the molecule is O=C(c1cccs1)N1C(=O)[C@@H]2[C@H]3C=C[C@@H]([C@@H]4C[C@H]34)[C@@H]2C1=O. The van der Waals surface area contributed by atoms with Crippen molar-refractivity contribution in [2.75, 3.05) is 0 Å². The van der Waals surface area contributed by atoms with Crippen LogP contribution < -0.4 is 0 Å². The lowest BCUT2D eigenvalue weighted by atomic mass is 9.63. The van der Waals surface area contributed by atoms with Gasteiger partial charge in [-0.25, -0.2) is 4.90 Å². The molecule has 5 aliphatic rings. The van der Waals surface area contributed by atoms with E-state index in [-0.39, 0.29) is 35.5 Å². The lowest BCUT2D eigenvalue weighted by Gasteiger charge is -2.37. The van der Waals surface area contributed by atoms with Crippen LogP contribution >= 0.6 is 11.3 Å². The van der Waals surface area contributed by atoms with E-state index >= 15 is 0 Å². The number of hydrogen-bond acceptors (Lipinski definition) is 4. The van der Waals surface area contributed by atoms with Crippen molar-refractivity contribution in [2.45, 2.75) is 6.42 Å². The summed E-state index contributed by atoms with van der Waals surface area (Å²) in [5, 5.41) is 1.78. The summed E-state index contributed by atoms with van der Waals surface area (Å²) in [6.45, 7) is 0. The molecule has 0 radical (unpaired) electrons. The van der Waals surface area contributed by atoms with Gasteiger partial charge in [0.25, 0.3) is 5.91 Å². The Morgan fingerprint density at radius 1 is 1.10 bits per heavy atom. The quantitative estimate of drug-likeness (QED) is 0.588.